The highest BCUT2D eigenvalue weighted by molar-refractivity contribution is 5.84. The highest BCUT2D eigenvalue weighted by Gasteiger charge is 2.19. The van der Waals surface area contributed by atoms with Gasteiger partial charge < -0.3 is 10.1 Å². The molecule has 0 fully saturated rings. The summed E-state index contributed by atoms with van der Waals surface area (Å²) in [4.78, 5) is 6.09. The van der Waals surface area contributed by atoms with E-state index in [1.54, 1.807) is 0 Å². The maximum atomic E-state index is 8.80. The predicted octanol–water partition coefficient (Wildman–Crippen LogP) is 2.69. The van der Waals surface area contributed by atoms with Gasteiger partial charge in [-0.25, -0.2) is 0 Å². The zero-order valence-electron chi connectivity index (χ0n) is 11.4. The number of rotatable bonds is 5. The van der Waals surface area contributed by atoms with Crippen molar-refractivity contribution >= 4 is 10.9 Å². The fraction of sp³-hybridized carbons (Fsp3) is 0.500. The van der Waals surface area contributed by atoms with Crippen LogP contribution in [-0.4, -0.2) is 34.7 Å². The SMILES string of the molecule is OCCCCCN1CCc2c([nH]c3ccccc23)C1. The molecule has 3 heteroatoms. The minimum atomic E-state index is 0.326. The van der Waals surface area contributed by atoms with Crippen LogP contribution < -0.4 is 0 Å². The number of aromatic nitrogens is 1. The van der Waals surface area contributed by atoms with Crippen molar-refractivity contribution in [2.75, 3.05) is 19.7 Å². The van der Waals surface area contributed by atoms with Gasteiger partial charge in [-0.3, -0.25) is 4.90 Å². The first-order valence-corrected chi connectivity index (χ1v) is 7.30. The average Bonchev–Trinajstić information content (AvgIpc) is 2.81. The van der Waals surface area contributed by atoms with Crippen molar-refractivity contribution in [1.29, 1.82) is 0 Å². The number of para-hydroxylation sites is 1. The topological polar surface area (TPSA) is 39.3 Å². The van der Waals surface area contributed by atoms with E-state index >= 15 is 0 Å². The van der Waals surface area contributed by atoms with E-state index < -0.39 is 0 Å². The summed E-state index contributed by atoms with van der Waals surface area (Å²) in [6.07, 6.45) is 4.41. The largest absolute Gasteiger partial charge is 0.396 e. The summed E-state index contributed by atoms with van der Waals surface area (Å²) in [6, 6.07) is 8.61. The molecule has 0 radical (unpaired) electrons. The zero-order valence-corrected chi connectivity index (χ0v) is 11.4. The van der Waals surface area contributed by atoms with E-state index in [-0.39, 0.29) is 0 Å². The molecular formula is C16H22N2O. The minimum absolute atomic E-state index is 0.326. The van der Waals surface area contributed by atoms with Crippen molar-refractivity contribution in [2.24, 2.45) is 0 Å². The average molecular weight is 258 g/mol. The number of aromatic amines is 1. The molecule has 3 nitrogen and oxygen atoms in total. The Hall–Kier alpha value is -1.32. The zero-order chi connectivity index (χ0) is 13.1. The summed E-state index contributed by atoms with van der Waals surface area (Å²) in [7, 11) is 0. The molecule has 0 bridgehead atoms. The molecular weight excluding hydrogens is 236 g/mol. The van der Waals surface area contributed by atoms with Crippen LogP contribution in [0.4, 0.5) is 0 Å². The van der Waals surface area contributed by atoms with E-state index in [1.165, 1.54) is 28.6 Å². The first kappa shape index (κ1) is 12.7. The summed E-state index contributed by atoms with van der Waals surface area (Å²) >= 11 is 0. The van der Waals surface area contributed by atoms with Gasteiger partial charge in [-0.2, -0.15) is 0 Å². The lowest BCUT2D eigenvalue weighted by atomic mass is 10.0. The molecule has 19 heavy (non-hydrogen) atoms. The van der Waals surface area contributed by atoms with Crippen molar-refractivity contribution in [1.82, 2.24) is 9.88 Å². The van der Waals surface area contributed by atoms with Gasteiger partial charge in [0.05, 0.1) is 0 Å². The van der Waals surface area contributed by atoms with E-state index in [4.69, 9.17) is 5.11 Å². The van der Waals surface area contributed by atoms with E-state index in [0.717, 1.165) is 38.9 Å². The molecule has 0 atom stereocenters. The second-order valence-corrected chi connectivity index (χ2v) is 5.44. The van der Waals surface area contributed by atoms with Gasteiger partial charge in [-0.15, -0.1) is 0 Å². The number of benzene rings is 1. The quantitative estimate of drug-likeness (QED) is 0.809. The normalized spacial score (nSPS) is 15.8. The molecule has 1 aromatic heterocycles. The number of nitrogens with zero attached hydrogens (tertiary/aromatic N) is 1. The third kappa shape index (κ3) is 2.67. The second-order valence-electron chi connectivity index (χ2n) is 5.44. The molecule has 0 spiro atoms. The molecule has 0 saturated carbocycles. The van der Waals surface area contributed by atoms with Crippen LogP contribution in [0.5, 0.6) is 0 Å². The van der Waals surface area contributed by atoms with E-state index in [0.29, 0.717) is 6.61 Å². The molecule has 1 aromatic carbocycles. The standard InChI is InChI=1S/C16H22N2O/c19-11-5-1-4-9-18-10-8-14-13-6-2-3-7-15(13)17-16(14)12-18/h2-3,6-7,17,19H,1,4-5,8-12H2. The van der Waals surface area contributed by atoms with Gasteiger partial charge in [0.25, 0.3) is 0 Å². The molecule has 0 aliphatic carbocycles. The van der Waals surface area contributed by atoms with Crippen LogP contribution in [-0.2, 0) is 13.0 Å². The fourth-order valence-electron chi connectivity index (χ4n) is 3.06. The lowest BCUT2D eigenvalue weighted by Gasteiger charge is -2.26. The van der Waals surface area contributed by atoms with Gasteiger partial charge >= 0.3 is 0 Å². The smallest absolute Gasteiger partial charge is 0.0459 e. The molecule has 0 unspecified atom stereocenters. The van der Waals surface area contributed by atoms with Crippen LogP contribution in [0.15, 0.2) is 24.3 Å². The molecule has 2 heterocycles. The number of aliphatic hydroxyl groups excluding tert-OH is 1. The summed E-state index contributed by atoms with van der Waals surface area (Å²) in [6.45, 7) is 3.68. The van der Waals surface area contributed by atoms with Crippen LogP contribution in [0.2, 0.25) is 0 Å². The number of fused-ring (bicyclic) bond motifs is 3. The second kappa shape index (κ2) is 5.76. The van der Waals surface area contributed by atoms with Crippen molar-refractivity contribution in [2.45, 2.75) is 32.2 Å². The number of nitrogens with one attached hydrogen (secondary N) is 1. The van der Waals surface area contributed by atoms with E-state index in [9.17, 15) is 0 Å². The lowest BCUT2D eigenvalue weighted by molar-refractivity contribution is 0.237. The highest BCUT2D eigenvalue weighted by Crippen LogP contribution is 2.27. The summed E-state index contributed by atoms with van der Waals surface area (Å²) in [5, 5.41) is 10.2. The maximum Gasteiger partial charge on any atom is 0.0459 e. The predicted molar refractivity (Wildman–Crippen MR) is 78.2 cm³/mol. The van der Waals surface area contributed by atoms with Crippen molar-refractivity contribution in [3.05, 3.63) is 35.5 Å². The summed E-state index contributed by atoms with van der Waals surface area (Å²) < 4.78 is 0. The Bertz CT molecular complexity index is 547. The first-order chi connectivity index (χ1) is 9.38. The van der Waals surface area contributed by atoms with Crippen LogP contribution in [0, 0.1) is 0 Å². The van der Waals surface area contributed by atoms with Crippen LogP contribution >= 0.6 is 0 Å². The van der Waals surface area contributed by atoms with Gasteiger partial charge in [0.15, 0.2) is 0 Å². The van der Waals surface area contributed by atoms with Gasteiger partial charge in [0.1, 0.15) is 0 Å². The summed E-state index contributed by atoms with van der Waals surface area (Å²) in [5.74, 6) is 0. The summed E-state index contributed by atoms with van der Waals surface area (Å²) in [5.41, 5.74) is 4.19. The molecule has 2 N–H and O–H groups in total. The Balaban J connectivity index is 1.67. The maximum absolute atomic E-state index is 8.80. The van der Waals surface area contributed by atoms with Crippen molar-refractivity contribution in [3.8, 4) is 0 Å². The van der Waals surface area contributed by atoms with Crippen LogP contribution in [0.3, 0.4) is 0 Å². The number of aliphatic hydroxyl groups is 1. The number of hydrogen-bond acceptors (Lipinski definition) is 2. The molecule has 1 aliphatic heterocycles. The minimum Gasteiger partial charge on any atom is -0.396 e. The third-order valence-corrected chi connectivity index (χ3v) is 4.09. The lowest BCUT2D eigenvalue weighted by Crippen LogP contribution is -2.31. The molecule has 0 saturated heterocycles. The van der Waals surface area contributed by atoms with Gasteiger partial charge in [-0.05, 0) is 43.9 Å². The van der Waals surface area contributed by atoms with Crippen LogP contribution in [0.25, 0.3) is 10.9 Å². The van der Waals surface area contributed by atoms with E-state index in [1.807, 2.05) is 0 Å². The molecule has 3 rings (SSSR count). The number of H-pyrrole nitrogens is 1. The van der Waals surface area contributed by atoms with Gasteiger partial charge in [0.2, 0.25) is 0 Å². The van der Waals surface area contributed by atoms with Gasteiger partial charge in [-0.1, -0.05) is 18.2 Å². The molecule has 1 aliphatic rings. The first-order valence-electron chi connectivity index (χ1n) is 7.30. The Morgan fingerprint density at radius 2 is 2.05 bits per heavy atom. The molecule has 102 valence electrons. The molecule has 0 amide bonds. The number of unbranched alkanes of at least 4 members (excludes halogenated alkanes) is 2. The highest BCUT2D eigenvalue weighted by atomic mass is 16.2. The Kier molecular flexibility index (Phi) is 3.85. The van der Waals surface area contributed by atoms with Crippen molar-refractivity contribution < 1.29 is 5.11 Å². The Morgan fingerprint density at radius 1 is 1.16 bits per heavy atom. The Morgan fingerprint density at radius 3 is 2.95 bits per heavy atom. The third-order valence-electron chi connectivity index (χ3n) is 4.09. The van der Waals surface area contributed by atoms with Crippen LogP contribution in [0.1, 0.15) is 30.5 Å². The number of hydrogen-bond donors (Lipinski definition) is 2. The molecule has 2 aromatic rings. The van der Waals surface area contributed by atoms with E-state index in [2.05, 4.69) is 34.1 Å². The Labute approximate surface area is 114 Å². The fourth-order valence-corrected chi connectivity index (χ4v) is 3.06. The van der Waals surface area contributed by atoms with Gasteiger partial charge in [0, 0.05) is 36.3 Å². The monoisotopic (exact) mass is 258 g/mol. The van der Waals surface area contributed by atoms with Crippen molar-refractivity contribution in [3.63, 3.8) is 0 Å².